The fourth-order valence-corrected chi connectivity index (χ4v) is 3.98. The van der Waals surface area contributed by atoms with Gasteiger partial charge in [0.05, 0.1) is 35.3 Å². The van der Waals surface area contributed by atoms with Gasteiger partial charge in [-0.05, 0) is 25.1 Å². The van der Waals surface area contributed by atoms with Crippen LogP contribution >= 0.6 is 0 Å². The number of carbonyl (C=O) groups excluding carboxylic acids is 2. The number of nitro benzene ring substituents is 1. The van der Waals surface area contributed by atoms with Crippen LogP contribution in [-0.2, 0) is 24.3 Å². The molecule has 0 atom stereocenters. The highest BCUT2D eigenvalue weighted by Crippen LogP contribution is 2.30. The zero-order valence-electron chi connectivity index (χ0n) is 15.8. The molecule has 0 unspecified atom stereocenters. The largest absolute Gasteiger partial charge is 0.468 e. The third-order valence-electron chi connectivity index (χ3n) is 4.04. The lowest BCUT2D eigenvalue weighted by Gasteiger charge is -2.25. The first-order chi connectivity index (χ1) is 13.6. The van der Waals surface area contributed by atoms with E-state index in [1.807, 2.05) is 0 Å². The van der Waals surface area contributed by atoms with Crippen molar-refractivity contribution in [3.8, 4) is 0 Å². The number of hydrogen-bond donors (Lipinski definition) is 0. The third-order valence-corrected chi connectivity index (χ3v) is 5.80. The zero-order chi connectivity index (χ0) is 21.8. The van der Waals surface area contributed by atoms with Gasteiger partial charge in [0.25, 0.3) is 15.7 Å². The molecule has 0 N–H and O–H groups in total. The highest BCUT2D eigenvalue weighted by molar-refractivity contribution is 7.92. The highest BCUT2D eigenvalue weighted by Gasteiger charge is 2.32. The summed E-state index contributed by atoms with van der Waals surface area (Å²) >= 11 is 0. The minimum atomic E-state index is -4.48. The average Bonchev–Trinajstić information content (AvgIpc) is 2.70. The summed E-state index contributed by atoms with van der Waals surface area (Å²) in [5, 5.41) is 11.2. The Morgan fingerprint density at radius 3 is 2.34 bits per heavy atom. The number of hydrogen-bond acceptors (Lipinski definition) is 8. The molecule has 0 fully saturated rings. The number of esters is 2. The van der Waals surface area contributed by atoms with Crippen LogP contribution in [0.3, 0.4) is 0 Å². The molecule has 0 spiro atoms. The number of nitrogens with zero attached hydrogens (tertiary/aromatic N) is 2. The molecule has 0 aromatic heterocycles. The maximum absolute atomic E-state index is 13.3. The second kappa shape index (κ2) is 8.69. The normalized spacial score (nSPS) is 10.9. The van der Waals surface area contributed by atoms with Crippen LogP contribution in [0.1, 0.15) is 15.9 Å². The van der Waals surface area contributed by atoms with Gasteiger partial charge in [0.1, 0.15) is 6.54 Å². The Labute approximate surface area is 166 Å². The molecule has 10 nitrogen and oxygen atoms in total. The molecule has 0 bridgehead atoms. The van der Waals surface area contributed by atoms with Crippen molar-refractivity contribution in [2.24, 2.45) is 0 Å². The predicted molar refractivity (Wildman–Crippen MR) is 102 cm³/mol. The van der Waals surface area contributed by atoms with E-state index < -0.39 is 44.0 Å². The summed E-state index contributed by atoms with van der Waals surface area (Å²) in [5.41, 5.74) is -0.370. The Hall–Kier alpha value is -3.47. The predicted octanol–water partition coefficient (Wildman–Crippen LogP) is 2.06. The van der Waals surface area contributed by atoms with Gasteiger partial charge in [-0.25, -0.2) is 13.2 Å². The van der Waals surface area contributed by atoms with E-state index in [2.05, 4.69) is 9.47 Å². The van der Waals surface area contributed by atoms with Crippen LogP contribution in [0.15, 0.2) is 47.4 Å². The Morgan fingerprint density at radius 1 is 1.10 bits per heavy atom. The van der Waals surface area contributed by atoms with Crippen molar-refractivity contribution >= 4 is 33.3 Å². The number of para-hydroxylation sites is 1. The number of ether oxygens (including phenoxy) is 2. The quantitative estimate of drug-likeness (QED) is 0.376. The lowest BCUT2D eigenvalue weighted by Crippen LogP contribution is -2.37. The number of carbonyl (C=O) groups is 2. The second-order valence-electron chi connectivity index (χ2n) is 5.80. The molecule has 0 amide bonds. The van der Waals surface area contributed by atoms with Crippen molar-refractivity contribution < 1.29 is 32.4 Å². The van der Waals surface area contributed by atoms with E-state index in [1.165, 1.54) is 43.3 Å². The maximum Gasteiger partial charge on any atom is 0.340 e. The van der Waals surface area contributed by atoms with Crippen LogP contribution in [0, 0.1) is 17.0 Å². The lowest BCUT2D eigenvalue weighted by molar-refractivity contribution is -0.385. The molecule has 154 valence electrons. The number of sulfonamides is 1. The summed E-state index contributed by atoms with van der Waals surface area (Å²) in [4.78, 5) is 34.1. The van der Waals surface area contributed by atoms with E-state index in [1.54, 1.807) is 0 Å². The summed E-state index contributed by atoms with van der Waals surface area (Å²) in [5.74, 6) is -1.71. The molecule has 2 aromatic rings. The smallest absolute Gasteiger partial charge is 0.340 e. The first kappa shape index (κ1) is 21.8. The number of benzene rings is 2. The van der Waals surface area contributed by atoms with Crippen LogP contribution in [0.4, 0.5) is 11.4 Å². The van der Waals surface area contributed by atoms with Crippen molar-refractivity contribution in [1.29, 1.82) is 0 Å². The minimum Gasteiger partial charge on any atom is -0.468 e. The summed E-state index contributed by atoms with van der Waals surface area (Å²) in [6.07, 6.45) is 0. The van der Waals surface area contributed by atoms with Crippen molar-refractivity contribution in [2.45, 2.75) is 11.8 Å². The molecule has 29 heavy (non-hydrogen) atoms. The maximum atomic E-state index is 13.3. The van der Waals surface area contributed by atoms with E-state index in [0.717, 1.165) is 20.3 Å². The van der Waals surface area contributed by atoms with E-state index in [4.69, 9.17) is 0 Å². The monoisotopic (exact) mass is 422 g/mol. The van der Waals surface area contributed by atoms with Crippen LogP contribution in [0.25, 0.3) is 0 Å². The molecular weight excluding hydrogens is 404 g/mol. The van der Waals surface area contributed by atoms with Gasteiger partial charge in [-0.3, -0.25) is 19.2 Å². The molecule has 0 saturated carbocycles. The molecule has 0 radical (unpaired) electrons. The van der Waals surface area contributed by atoms with Crippen LogP contribution in [-0.4, -0.2) is 46.0 Å². The minimum absolute atomic E-state index is 0.107. The van der Waals surface area contributed by atoms with Gasteiger partial charge < -0.3 is 9.47 Å². The molecule has 0 saturated heterocycles. The first-order valence-electron chi connectivity index (χ1n) is 8.15. The lowest BCUT2D eigenvalue weighted by atomic mass is 10.2. The topological polar surface area (TPSA) is 133 Å². The van der Waals surface area contributed by atoms with Gasteiger partial charge in [0, 0.05) is 11.6 Å². The van der Waals surface area contributed by atoms with Crippen LogP contribution < -0.4 is 4.31 Å². The highest BCUT2D eigenvalue weighted by atomic mass is 32.2. The summed E-state index contributed by atoms with van der Waals surface area (Å²) in [6.45, 7) is 0.710. The SMILES string of the molecule is COC(=O)CN(c1ccccc1C(=O)OC)S(=O)(=O)c1ccc(C)c([N+](=O)[O-])c1. The molecule has 0 aliphatic carbocycles. The van der Waals surface area contributed by atoms with Gasteiger partial charge in [-0.1, -0.05) is 18.2 Å². The fraction of sp³-hybridized carbons (Fsp3) is 0.222. The molecule has 0 aliphatic rings. The average molecular weight is 422 g/mol. The summed E-state index contributed by atoms with van der Waals surface area (Å²) in [7, 11) is -2.27. The van der Waals surface area contributed by atoms with E-state index >= 15 is 0 Å². The summed E-state index contributed by atoms with van der Waals surface area (Å²) < 4.78 is 36.5. The Bertz CT molecular complexity index is 1070. The molecule has 0 heterocycles. The van der Waals surface area contributed by atoms with Crippen molar-refractivity contribution in [2.75, 3.05) is 25.1 Å². The number of nitro groups is 1. The van der Waals surface area contributed by atoms with Gasteiger partial charge in [-0.2, -0.15) is 0 Å². The molecule has 0 aliphatic heterocycles. The number of rotatable bonds is 7. The van der Waals surface area contributed by atoms with Crippen LogP contribution in [0.5, 0.6) is 0 Å². The van der Waals surface area contributed by atoms with E-state index in [9.17, 15) is 28.1 Å². The van der Waals surface area contributed by atoms with E-state index in [-0.39, 0.29) is 16.8 Å². The van der Waals surface area contributed by atoms with Gasteiger partial charge in [0.15, 0.2) is 0 Å². The third kappa shape index (κ3) is 4.51. The second-order valence-corrected chi connectivity index (χ2v) is 7.66. The van der Waals surface area contributed by atoms with Gasteiger partial charge in [0.2, 0.25) is 0 Å². The summed E-state index contributed by atoms with van der Waals surface area (Å²) in [6, 6.07) is 8.98. The standard InChI is InChI=1S/C18H18N2O8S/c1-12-8-9-13(10-16(12)20(23)24)29(25,26)19(11-17(21)27-2)15-7-5-4-6-14(15)18(22)28-3/h4-10H,11H2,1-3H3. The molecule has 11 heteroatoms. The zero-order valence-corrected chi connectivity index (χ0v) is 16.6. The fourth-order valence-electron chi connectivity index (χ4n) is 2.53. The van der Waals surface area contributed by atoms with Crippen molar-refractivity contribution in [1.82, 2.24) is 0 Å². The molecule has 2 rings (SSSR count). The Kier molecular flexibility index (Phi) is 6.54. The first-order valence-corrected chi connectivity index (χ1v) is 9.59. The van der Waals surface area contributed by atoms with Gasteiger partial charge >= 0.3 is 11.9 Å². The van der Waals surface area contributed by atoms with Crippen molar-refractivity contribution in [3.05, 3.63) is 63.7 Å². The van der Waals surface area contributed by atoms with E-state index in [0.29, 0.717) is 4.31 Å². The Balaban J connectivity index is 2.71. The number of anilines is 1. The number of methoxy groups -OCH3 is 2. The van der Waals surface area contributed by atoms with Gasteiger partial charge in [-0.15, -0.1) is 0 Å². The molecular formula is C18H18N2O8S. The van der Waals surface area contributed by atoms with Crippen molar-refractivity contribution in [3.63, 3.8) is 0 Å². The number of aryl methyl sites for hydroxylation is 1. The van der Waals surface area contributed by atoms with Crippen LogP contribution in [0.2, 0.25) is 0 Å². The Morgan fingerprint density at radius 2 is 1.76 bits per heavy atom. The molecule has 2 aromatic carbocycles.